The van der Waals surface area contributed by atoms with E-state index in [1.807, 2.05) is 46.4 Å². The fourth-order valence-corrected chi connectivity index (χ4v) is 2.45. The summed E-state index contributed by atoms with van der Waals surface area (Å²) in [4.78, 5) is 14.0. The van der Waals surface area contributed by atoms with Gasteiger partial charge in [0.25, 0.3) is 0 Å². The van der Waals surface area contributed by atoms with E-state index in [-0.39, 0.29) is 18.0 Å². The third kappa shape index (κ3) is 3.56. The van der Waals surface area contributed by atoms with Gasteiger partial charge in [0.2, 0.25) is 5.91 Å². The molecule has 1 N–H and O–H groups in total. The lowest BCUT2D eigenvalue weighted by molar-refractivity contribution is -0.132. The van der Waals surface area contributed by atoms with Crippen LogP contribution in [-0.2, 0) is 4.79 Å². The van der Waals surface area contributed by atoms with E-state index >= 15 is 0 Å². The molecule has 0 saturated carbocycles. The first-order valence-corrected chi connectivity index (χ1v) is 6.89. The highest BCUT2D eigenvalue weighted by Crippen LogP contribution is 2.21. The van der Waals surface area contributed by atoms with Gasteiger partial charge < -0.3 is 9.42 Å². The second-order valence-electron chi connectivity index (χ2n) is 4.86. The number of aryl methyl sites for hydroxylation is 2. The van der Waals surface area contributed by atoms with Crippen LogP contribution in [0.1, 0.15) is 50.8 Å². The summed E-state index contributed by atoms with van der Waals surface area (Å²) in [6, 6.07) is -0.177. The average Bonchev–Trinajstić information content (AvgIpc) is 2.70. The van der Waals surface area contributed by atoms with Gasteiger partial charge in [0.05, 0.1) is 11.7 Å². The van der Waals surface area contributed by atoms with E-state index in [4.69, 9.17) is 4.52 Å². The van der Waals surface area contributed by atoms with E-state index in [9.17, 15) is 4.79 Å². The van der Waals surface area contributed by atoms with E-state index in [0.717, 1.165) is 30.1 Å². The fourth-order valence-electron chi connectivity index (χ4n) is 2.45. The normalized spacial score (nSPS) is 14.2. The van der Waals surface area contributed by atoms with Gasteiger partial charge in [-0.1, -0.05) is 5.16 Å². The summed E-state index contributed by atoms with van der Waals surface area (Å²) in [7, 11) is 0. The van der Waals surface area contributed by atoms with Crippen LogP contribution in [0, 0.1) is 13.8 Å². The van der Waals surface area contributed by atoms with Crippen molar-refractivity contribution >= 4 is 5.91 Å². The number of carbonyl (C=O) groups is 1. The first-order valence-electron chi connectivity index (χ1n) is 6.89. The fraction of sp³-hybridized carbons (Fsp3) is 0.714. The molecule has 0 aliphatic rings. The van der Waals surface area contributed by atoms with Gasteiger partial charge in [0.1, 0.15) is 5.76 Å². The van der Waals surface area contributed by atoms with Gasteiger partial charge in [-0.15, -0.1) is 0 Å². The highest BCUT2D eigenvalue weighted by molar-refractivity contribution is 5.81. The molecule has 0 radical (unpaired) electrons. The summed E-state index contributed by atoms with van der Waals surface area (Å²) in [5, 5.41) is 7.27. The molecule has 1 aromatic heterocycles. The lowest BCUT2D eigenvalue weighted by atomic mass is 10.1. The van der Waals surface area contributed by atoms with E-state index in [0.29, 0.717) is 0 Å². The number of hydrogen-bond donors (Lipinski definition) is 1. The van der Waals surface area contributed by atoms with Crippen molar-refractivity contribution in [1.82, 2.24) is 15.4 Å². The predicted molar refractivity (Wildman–Crippen MR) is 74.9 cm³/mol. The summed E-state index contributed by atoms with van der Waals surface area (Å²) in [6.07, 6.45) is 0. The smallest absolute Gasteiger partial charge is 0.239 e. The third-order valence-electron chi connectivity index (χ3n) is 3.47. The Balaban J connectivity index is 2.72. The summed E-state index contributed by atoms with van der Waals surface area (Å²) >= 11 is 0. The Morgan fingerprint density at radius 2 is 1.89 bits per heavy atom. The van der Waals surface area contributed by atoms with Crippen LogP contribution in [0.25, 0.3) is 0 Å². The Morgan fingerprint density at radius 3 is 2.32 bits per heavy atom. The molecule has 5 heteroatoms. The maximum atomic E-state index is 12.2. The van der Waals surface area contributed by atoms with Crippen molar-refractivity contribution in [3.05, 3.63) is 17.0 Å². The predicted octanol–water partition coefficient (Wildman–Crippen LogP) is 2.20. The number of carbonyl (C=O) groups excluding carboxylic acids is 1. The zero-order valence-electron chi connectivity index (χ0n) is 12.8. The van der Waals surface area contributed by atoms with Gasteiger partial charge in [-0.3, -0.25) is 10.1 Å². The lowest BCUT2D eigenvalue weighted by Crippen LogP contribution is -2.45. The molecule has 0 saturated heterocycles. The molecule has 2 unspecified atom stereocenters. The zero-order chi connectivity index (χ0) is 14.6. The largest absolute Gasteiger partial charge is 0.361 e. The zero-order valence-corrected chi connectivity index (χ0v) is 12.8. The van der Waals surface area contributed by atoms with E-state index in [1.165, 1.54) is 0 Å². The number of aromatic nitrogens is 1. The summed E-state index contributed by atoms with van der Waals surface area (Å²) in [6.45, 7) is 13.2. The molecule has 5 nitrogen and oxygen atoms in total. The van der Waals surface area contributed by atoms with Crippen LogP contribution < -0.4 is 5.32 Å². The van der Waals surface area contributed by atoms with Crippen molar-refractivity contribution in [3.8, 4) is 0 Å². The first kappa shape index (κ1) is 15.7. The standard InChI is InChI=1S/C14H25N3O2/c1-7-17(8-2)14(18)11(5)15-9(3)13-10(4)16-19-12(13)6/h9,11,15H,7-8H2,1-6H3. The molecular formula is C14H25N3O2. The van der Waals surface area contributed by atoms with E-state index < -0.39 is 0 Å². The molecule has 1 amide bonds. The van der Waals surface area contributed by atoms with Gasteiger partial charge in [0, 0.05) is 24.7 Å². The van der Waals surface area contributed by atoms with Crippen LogP contribution in [0.2, 0.25) is 0 Å². The quantitative estimate of drug-likeness (QED) is 0.858. The second-order valence-corrected chi connectivity index (χ2v) is 4.86. The van der Waals surface area contributed by atoms with Crippen LogP contribution >= 0.6 is 0 Å². The van der Waals surface area contributed by atoms with Gasteiger partial charge in [-0.25, -0.2) is 0 Å². The number of amides is 1. The minimum atomic E-state index is -0.219. The third-order valence-corrected chi connectivity index (χ3v) is 3.47. The molecule has 1 heterocycles. The first-order chi connectivity index (χ1) is 8.92. The number of rotatable bonds is 6. The molecule has 2 atom stereocenters. The Kier molecular flexibility index (Phi) is 5.54. The molecule has 0 spiro atoms. The monoisotopic (exact) mass is 267 g/mol. The maximum Gasteiger partial charge on any atom is 0.239 e. The summed E-state index contributed by atoms with van der Waals surface area (Å²) in [5.74, 6) is 0.934. The minimum Gasteiger partial charge on any atom is -0.361 e. The van der Waals surface area contributed by atoms with Crippen molar-refractivity contribution in [2.75, 3.05) is 13.1 Å². The van der Waals surface area contributed by atoms with Gasteiger partial charge >= 0.3 is 0 Å². The van der Waals surface area contributed by atoms with Crippen LogP contribution in [0.5, 0.6) is 0 Å². The molecule has 0 bridgehead atoms. The van der Waals surface area contributed by atoms with Crippen molar-refractivity contribution < 1.29 is 9.32 Å². The summed E-state index contributed by atoms with van der Waals surface area (Å²) < 4.78 is 5.16. The van der Waals surface area contributed by atoms with E-state index in [1.54, 1.807) is 0 Å². The van der Waals surface area contributed by atoms with Crippen molar-refractivity contribution in [1.29, 1.82) is 0 Å². The Bertz CT molecular complexity index is 405. The molecule has 0 aliphatic heterocycles. The SMILES string of the molecule is CCN(CC)C(=O)C(C)NC(C)c1c(C)noc1C. The molecule has 1 aromatic rings. The van der Waals surface area contributed by atoms with E-state index in [2.05, 4.69) is 10.5 Å². The number of nitrogens with zero attached hydrogens (tertiary/aromatic N) is 2. The number of nitrogens with one attached hydrogen (secondary N) is 1. The van der Waals surface area contributed by atoms with Crippen LogP contribution in [0.3, 0.4) is 0 Å². The highest BCUT2D eigenvalue weighted by atomic mass is 16.5. The Morgan fingerprint density at radius 1 is 1.32 bits per heavy atom. The average molecular weight is 267 g/mol. The van der Waals surface area contributed by atoms with Crippen molar-refractivity contribution in [2.45, 2.75) is 53.6 Å². The lowest BCUT2D eigenvalue weighted by Gasteiger charge is -2.25. The molecule has 0 aliphatic carbocycles. The highest BCUT2D eigenvalue weighted by Gasteiger charge is 2.23. The molecule has 19 heavy (non-hydrogen) atoms. The second kappa shape index (κ2) is 6.70. The topological polar surface area (TPSA) is 58.4 Å². The van der Waals surface area contributed by atoms with Gasteiger partial charge in [-0.05, 0) is 41.5 Å². The Labute approximate surface area is 115 Å². The maximum absolute atomic E-state index is 12.2. The minimum absolute atomic E-state index is 0.0424. The molecule has 108 valence electrons. The van der Waals surface area contributed by atoms with Crippen LogP contribution in [0.15, 0.2) is 4.52 Å². The molecule has 1 rings (SSSR count). The number of hydrogen-bond acceptors (Lipinski definition) is 4. The van der Waals surface area contributed by atoms with Crippen molar-refractivity contribution in [3.63, 3.8) is 0 Å². The molecular weight excluding hydrogens is 242 g/mol. The number of likely N-dealkylation sites (N-methyl/N-ethyl adjacent to an activating group) is 1. The van der Waals surface area contributed by atoms with Gasteiger partial charge in [0.15, 0.2) is 0 Å². The van der Waals surface area contributed by atoms with Crippen LogP contribution in [-0.4, -0.2) is 35.1 Å². The van der Waals surface area contributed by atoms with Crippen LogP contribution in [0.4, 0.5) is 0 Å². The van der Waals surface area contributed by atoms with Gasteiger partial charge in [-0.2, -0.15) is 0 Å². The van der Waals surface area contributed by atoms with Crippen molar-refractivity contribution in [2.24, 2.45) is 0 Å². The molecule has 0 fully saturated rings. The Hall–Kier alpha value is -1.36. The molecule has 0 aromatic carbocycles. The summed E-state index contributed by atoms with van der Waals surface area (Å²) in [5.41, 5.74) is 1.92.